The van der Waals surface area contributed by atoms with E-state index in [0.717, 1.165) is 32.9 Å². The van der Waals surface area contributed by atoms with Crippen LogP contribution in [0.2, 0.25) is 0 Å². The Morgan fingerprint density at radius 2 is 0.962 bits per heavy atom. The van der Waals surface area contributed by atoms with Crippen molar-refractivity contribution >= 4 is 39.0 Å². The van der Waals surface area contributed by atoms with Crippen LogP contribution < -0.4 is 9.80 Å². The molecular weight excluding hydrogens is 320 g/mol. The summed E-state index contributed by atoms with van der Waals surface area (Å²) in [6.07, 6.45) is 0. The highest BCUT2D eigenvalue weighted by Gasteiger charge is 2.32. The van der Waals surface area contributed by atoms with Gasteiger partial charge in [0.2, 0.25) is 0 Å². The number of anilines is 2. The molecule has 1 aliphatic heterocycles. The van der Waals surface area contributed by atoms with Crippen molar-refractivity contribution in [3.63, 3.8) is 0 Å². The fourth-order valence-corrected chi connectivity index (χ4v) is 3.87. The summed E-state index contributed by atoms with van der Waals surface area (Å²) in [7, 11) is 0. The number of carbonyl (C=O) groups excluding carboxylic acids is 1. The predicted octanol–water partition coefficient (Wildman–Crippen LogP) is 5.44. The van der Waals surface area contributed by atoms with Gasteiger partial charge in [-0.1, -0.05) is 72.8 Å². The summed E-state index contributed by atoms with van der Waals surface area (Å²) in [6, 6.07) is 28.8. The molecule has 0 aliphatic carbocycles. The van der Waals surface area contributed by atoms with Crippen LogP contribution >= 0.6 is 0 Å². The van der Waals surface area contributed by atoms with Crippen molar-refractivity contribution in [2.45, 2.75) is 0 Å². The zero-order chi connectivity index (χ0) is 17.5. The minimum atomic E-state index is 0.0395. The largest absolute Gasteiger partial charge is 0.329 e. The van der Waals surface area contributed by atoms with Crippen LogP contribution in [0.25, 0.3) is 21.5 Å². The minimum Gasteiger partial charge on any atom is -0.292 e. The van der Waals surface area contributed by atoms with Crippen LogP contribution in [-0.4, -0.2) is 19.1 Å². The lowest BCUT2D eigenvalue weighted by atomic mass is 10.1. The highest BCUT2D eigenvalue weighted by Crippen LogP contribution is 2.33. The standard InChI is InChI=1S/C23H18N2O/c26-23-24(21-13-5-9-17-7-1-3-11-19(17)21)15-16-25(23)22-14-6-10-18-8-2-4-12-20(18)22/h1-14H,15-16H2. The first-order valence-corrected chi connectivity index (χ1v) is 8.87. The van der Waals surface area contributed by atoms with Crippen LogP contribution in [0.15, 0.2) is 84.9 Å². The van der Waals surface area contributed by atoms with Crippen molar-refractivity contribution in [3.05, 3.63) is 84.9 Å². The molecular formula is C23H18N2O. The first kappa shape index (κ1) is 15.0. The number of urea groups is 1. The number of amides is 2. The Kier molecular flexibility index (Phi) is 3.39. The number of carbonyl (C=O) groups is 1. The van der Waals surface area contributed by atoms with E-state index < -0.39 is 0 Å². The number of hydrogen-bond acceptors (Lipinski definition) is 1. The summed E-state index contributed by atoms with van der Waals surface area (Å²) < 4.78 is 0. The van der Waals surface area contributed by atoms with E-state index in [0.29, 0.717) is 13.1 Å². The summed E-state index contributed by atoms with van der Waals surface area (Å²) in [5.41, 5.74) is 1.96. The average molecular weight is 338 g/mol. The quantitative estimate of drug-likeness (QED) is 0.477. The van der Waals surface area contributed by atoms with Gasteiger partial charge in [0.1, 0.15) is 0 Å². The van der Waals surface area contributed by atoms with Crippen molar-refractivity contribution < 1.29 is 4.79 Å². The Bertz CT molecular complexity index is 1040. The number of benzene rings is 4. The predicted molar refractivity (Wildman–Crippen MR) is 108 cm³/mol. The van der Waals surface area contributed by atoms with E-state index in [1.165, 1.54) is 0 Å². The van der Waals surface area contributed by atoms with Crippen molar-refractivity contribution in [1.82, 2.24) is 0 Å². The van der Waals surface area contributed by atoms with Crippen LogP contribution in [0, 0.1) is 0 Å². The van der Waals surface area contributed by atoms with Crippen LogP contribution in [0.3, 0.4) is 0 Å². The molecule has 0 N–H and O–H groups in total. The van der Waals surface area contributed by atoms with Gasteiger partial charge < -0.3 is 0 Å². The lowest BCUT2D eigenvalue weighted by Crippen LogP contribution is -2.31. The number of rotatable bonds is 2. The van der Waals surface area contributed by atoms with Gasteiger partial charge in [-0.2, -0.15) is 0 Å². The molecule has 0 bridgehead atoms. The molecule has 0 spiro atoms. The molecule has 3 nitrogen and oxygen atoms in total. The Morgan fingerprint density at radius 1 is 0.538 bits per heavy atom. The Morgan fingerprint density at radius 3 is 1.46 bits per heavy atom. The van der Waals surface area contributed by atoms with Crippen molar-refractivity contribution in [2.75, 3.05) is 22.9 Å². The molecule has 1 saturated heterocycles. The van der Waals surface area contributed by atoms with Gasteiger partial charge >= 0.3 is 6.03 Å². The normalized spacial score (nSPS) is 14.5. The maximum Gasteiger partial charge on any atom is 0.329 e. The van der Waals surface area contributed by atoms with E-state index in [-0.39, 0.29) is 6.03 Å². The summed E-state index contributed by atoms with van der Waals surface area (Å²) in [6.45, 7) is 1.38. The van der Waals surface area contributed by atoms with Crippen molar-refractivity contribution in [3.8, 4) is 0 Å². The number of fused-ring (bicyclic) bond motifs is 2. The van der Waals surface area contributed by atoms with E-state index in [4.69, 9.17) is 0 Å². The third-order valence-electron chi connectivity index (χ3n) is 5.12. The summed E-state index contributed by atoms with van der Waals surface area (Å²) in [5, 5.41) is 4.54. The fraction of sp³-hybridized carbons (Fsp3) is 0.0870. The molecule has 0 radical (unpaired) electrons. The van der Waals surface area contributed by atoms with Crippen LogP contribution in [0.5, 0.6) is 0 Å². The maximum atomic E-state index is 13.2. The molecule has 0 saturated carbocycles. The summed E-state index contributed by atoms with van der Waals surface area (Å²) in [5.74, 6) is 0. The molecule has 5 rings (SSSR count). The van der Waals surface area contributed by atoms with Gasteiger partial charge in [0, 0.05) is 23.9 Å². The van der Waals surface area contributed by atoms with Crippen LogP contribution in [0.1, 0.15) is 0 Å². The molecule has 1 heterocycles. The van der Waals surface area contributed by atoms with Crippen molar-refractivity contribution in [2.24, 2.45) is 0 Å². The molecule has 1 fully saturated rings. The number of nitrogens with zero attached hydrogens (tertiary/aromatic N) is 2. The molecule has 4 aromatic rings. The van der Waals surface area contributed by atoms with Gasteiger partial charge in [-0.25, -0.2) is 4.79 Å². The highest BCUT2D eigenvalue weighted by molar-refractivity contribution is 6.13. The second-order valence-electron chi connectivity index (χ2n) is 6.58. The lowest BCUT2D eigenvalue weighted by Gasteiger charge is -2.21. The topological polar surface area (TPSA) is 23.6 Å². The van der Waals surface area contributed by atoms with E-state index >= 15 is 0 Å². The highest BCUT2D eigenvalue weighted by atomic mass is 16.2. The number of hydrogen-bond donors (Lipinski definition) is 0. The second kappa shape index (κ2) is 5.88. The van der Waals surface area contributed by atoms with Gasteiger partial charge in [0.05, 0.1) is 11.4 Å². The molecule has 4 aromatic carbocycles. The molecule has 1 aliphatic rings. The van der Waals surface area contributed by atoms with Crippen LogP contribution in [0.4, 0.5) is 16.2 Å². The monoisotopic (exact) mass is 338 g/mol. The molecule has 0 aromatic heterocycles. The Labute approximate surface area is 152 Å². The van der Waals surface area contributed by atoms with E-state index in [9.17, 15) is 4.79 Å². The zero-order valence-corrected chi connectivity index (χ0v) is 14.3. The first-order valence-electron chi connectivity index (χ1n) is 8.87. The molecule has 0 unspecified atom stereocenters. The van der Waals surface area contributed by atoms with Gasteiger partial charge in [-0.15, -0.1) is 0 Å². The second-order valence-corrected chi connectivity index (χ2v) is 6.58. The van der Waals surface area contributed by atoms with E-state index in [2.05, 4.69) is 36.4 Å². The smallest absolute Gasteiger partial charge is 0.292 e. The third-order valence-corrected chi connectivity index (χ3v) is 5.12. The van der Waals surface area contributed by atoms with Gasteiger partial charge in [-0.05, 0) is 22.9 Å². The Hall–Kier alpha value is -3.33. The van der Waals surface area contributed by atoms with Crippen molar-refractivity contribution in [1.29, 1.82) is 0 Å². The summed E-state index contributed by atoms with van der Waals surface area (Å²) >= 11 is 0. The van der Waals surface area contributed by atoms with Gasteiger partial charge in [0.15, 0.2) is 0 Å². The van der Waals surface area contributed by atoms with E-state index in [1.807, 2.05) is 58.3 Å². The van der Waals surface area contributed by atoms with Crippen LogP contribution in [-0.2, 0) is 0 Å². The van der Waals surface area contributed by atoms with Gasteiger partial charge in [-0.3, -0.25) is 9.80 Å². The molecule has 2 amide bonds. The SMILES string of the molecule is O=C1N(c2cccc3ccccc23)CCN1c1cccc2ccccc12. The summed E-state index contributed by atoms with van der Waals surface area (Å²) in [4.78, 5) is 17.0. The first-order chi connectivity index (χ1) is 12.8. The maximum absolute atomic E-state index is 13.2. The Balaban J connectivity index is 1.58. The third kappa shape index (κ3) is 2.25. The molecule has 0 atom stereocenters. The van der Waals surface area contributed by atoms with E-state index in [1.54, 1.807) is 0 Å². The van der Waals surface area contributed by atoms with Gasteiger partial charge in [0.25, 0.3) is 0 Å². The average Bonchev–Trinajstić information content (AvgIpc) is 3.08. The molecule has 26 heavy (non-hydrogen) atoms. The zero-order valence-electron chi connectivity index (χ0n) is 14.3. The molecule has 126 valence electrons. The lowest BCUT2D eigenvalue weighted by molar-refractivity contribution is 0.256. The fourth-order valence-electron chi connectivity index (χ4n) is 3.87. The molecule has 3 heteroatoms. The minimum absolute atomic E-state index is 0.0395.